The van der Waals surface area contributed by atoms with Crippen molar-refractivity contribution in [1.82, 2.24) is 14.8 Å². The number of aryl methyl sites for hydroxylation is 1. The Morgan fingerprint density at radius 3 is 2.71 bits per heavy atom. The van der Waals surface area contributed by atoms with Crippen LogP contribution in [0, 0.1) is 0 Å². The first kappa shape index (κ1) is 14.3. The monoisotopic (exact) mass is 237 g/mol. The van der Waals surface area contributed by atoms with Crippen molar-refractivity contribution in [2.24, 2.45) is 0 Å². The lowest BCUT2D eigenvalue weighted by molar-refractivity contribution is 0.386. The number of nitrogens with one attached hydrogen (secondary N) is 1. The minimum Gasteiger partial charge on any atom is -0.354 e. The van der Waals surface area contributed by atoms with E-state index in [0.29, 0.717) is 6.04 Å². The maximum absolute atomic E-state index is 3.51. The number of hydrogen-bond acceptors (Lipinski definition) is 2. The number of rotatable bonds is 8. The van der Waals surface area contributed by atoms with Crippen molar-refractivity contribution >= 4 is 0 Å². The smallest absolute Gasteiger partial charge is 0.0332 e. The summed E-state index contributed by atoms with van der Waals surface area (Å²) in [5.74, 6) is 0. The molecule has 1 rings (SSSR count). The standard InChI is InChI=1S/C14H27N3/c1-5-14(15-6-2)13-8-11-17(12-13)10-7-9-16(3)4/h8,11-12,14-15H,5-7,9-10H2,1-4H3. The van der Waals surface area contributed by atoms with Gasteiger partial charge in [0.1, 0.15) is 0 Å². The summed E-state index contributed by atoms with van der Waals surface area (Å²) < 4.78 is 2.30. The molecule has 98 valence electrons. The maximum Gasteiger partial charge on any atom is 0.0332 e. The Hall–Kier alpha value is -0.800. The van der Waals surface area contributed by atoms with E-state index < -0.39 is 0 Å². The largest absolute Gasteiger partial charge is 0.354 e. The summed E-state index contributed by atoms with van der Waals surface area (Å²) in [5.41, 5.74) is 1.42. The van der Waals surface area contributed by atoms with E-state index in [4.69, 9.17) is 0 Å². The van der Waals surface area contributed by atoms with E-state index >= 15 is 0 Å². The lowest BCUT2D eigenvalue weighted by Gasteiger charge is -2.14. The second-order valence-corrected chi connectivity index (χ2v) is 4.86. The highest BCUT2D eigenvalue weighted by Crippen LogP contribution is 2.16. The van der Waals surface area contributed by atoms with Crippen LogP contribution in [-0.4, -0.2) is 36.7 Å². The minimum absolute atomic E-state index is 0.509. The molecule has 0 saturated heterocycles. The van der Waals surface area contributed by atoms with Crippen LogP contribution in [0.15, 0.2) is 18.5 Å². The fourth-order valence-electron chi connectivity index (χ4n) is 2.12. The van der Waals surface area contributed by atoms with Gasteiger partial charge in [0.05, 0.1) is 0 Å². The van der Waals surface area contributed by atoms with Crippen molar-refractivity contribution in [3.8, 4) is 0 Å². The molecule has 1 unspecified atom stereocenters. The Labute approximate surface area is 106 Å². The van der Waals surface area contributed by atoms with Crippen molar-refractivity contribution in [1.29, 1.82) is 0 Å². The van der Waals surface area contributed by atoms with Gasteiger partial charge in [-0.25, -0.2) is 0 Å². The SMILES string of the molecule is CCNC(CC)c1ccn(CCCN(C)C)c1. The summed E-state index contributed by atoms with van der Waals surface area (Å²) >= 11 is 0. The van der Waals surface area contributed by atoms with Crippen molar-refractivity contribution < 1.29 is 0 Å². The fourth-order valence-corrected chi connectivity index (χ4v) is 2.12. The van der Waals surface area contributed by atoms with Crippen molar-refractivity contribution in [2.45, 2.75) is 39.3 Å². The second kappa shape index (κ2) is 7.51. The molecule has 0 aliphatic heterocycles. The van der Waals surface area contributed by atoms with Crippen LogP contribution in [0.4, 0.5) is 0 Å². The zero-order valence-corrected chi connectivity index (χ0v) is 11.7. The zero-order valence-electron chi connectivity index (χ0n) is 11.7. The molecule has 1 heterocycles. The third-order valence-corrected chi connectivity index (χ3v) is 3.06. The molecule has 0 radical (unpaired) electrons. The summed E-state index contributed by atoms with van der Waals surface area (Å²) in [7, 11) is 4.25. The van der Waals surface area contributed by atoms with Gasteiger partial charge in [0, 0.05) is 25.0 Å². The van der Waals surface area contributed by atoms with Crippen LogP contribution >= 0.6 is 0 Å². The molecule has 0 aliphatic rings. The van der Waals surface area contributed by atoms with E-state index in [1.807, 2.05) is 0 Å². The van der Waals surface area contributed by atoms with Gasteiger partial charge in [0.15, 0.2) is 0 Å². The number of nitrogens with zero attached hydrogens (tertiary/aromatic N) is 2. The van der Waals surface area contributed by atoms with E-state index in [2.05, 4.69) is 61.2 Å². The highest BCUT2D eigenvalue weighted by atomic mass is 15.1. The van der Waals surface area contributed by atoms with Crippen LogP contribution in [0.25, 0.3) is 0 Å². The summed E-state index contributed by atoms with van der Waals surface area (Å²) in [6.07, 6.45) is 6.84. The summed E-state index contributed by atoms with van der Waals surface area (Å²) in [4.78, 5) is 2.23. The normalized spacial score (nSPS) is 13.2. The lowest BCUT2D eigenvalue weighted by Crippen LogP contribution is -2.19. The second-order valence-electron chi connectivity index (χ2n) is 4.86. The van der Waals surface area contributed by atoms with Crippen LogP contribution in [0.2, 0.25) is 0 Å². The highest BCUT2D eigenvalue weighted by molar-refractivity contribution is 5.15. The first-order chi connectivity index (χ1) is 8.17. The Bertz CT molecular complexity index is 304. The molecule has 1 N–H and O–H groups in total. The molecule has 0 amide bonds. The first-order valence-corrected chi connectivity index (χ1v) is 6.71. The predicted octanol–water partition coefficient (Wildman–Crippen LogP) is 2.50. The third-order valence-electron chi connectivity index (χ3n) is 3.06. The van der Waals surface area contributed by atoms with Crippen LogP contribution in [0.3, 0.4) is 0 Å². The van der Waals surface area contributed by atoms with Gasteiger partial charge in [0.2, 0.25) is 0 Å². The maximum atomic E-state index is 3.51. The topological polar surface area (TPSA) is 20.2 Å². The Morgan fingerprint density at radius 2 is 2.12 bits per heavy atom. The van der Waals surface area contributed by atoms with Crippen molar-refractivity contribution in [3.05, 3.63) is 24.0 Å². The van der Waals surface area contributed by atoms with E-state index in [0.717, 1.165) is 26.1 Å². The number of hydrogen-bond donors (Lipinski definition) is 1. The molecular weight excluding hydrogens is 210 g/mol. The molecule has 0 saturated carbocycles. The summed E-state index contributed by atoms with van der Waals surface area (Å²) in [6.45, 7) is 7.69. The third kappa shape index (κ3) is 4.92. The van der Waals surface area contributed by atoms with Gasteiger partial charge in [0.25, 0.3) is 0 Å². The molecular formula is C14H27N3. The van der Waals surface area contributed by atoms with Gasteiger partial charge in [-0.3, -0.25) is 0 Å². The molecule has 3 heteroatoms. The highest BCUT2D eigenvalue weighted by Gasteiger charge is 2.08. The van der Waals surface area contributed by atoms with Crippen LogP contribution in [-0.2, 0) is 6.54 Å². The van der Waals surface area contributed by atoms with E-state index in [1.54, 1.807) is 0 Å². The molecule has 0 spiro atoms. The molecule has 0 aromatic carbocycles. The summed E-state index contributed by atoms with van der Waals surface area (Å²) in [5, 5.41) is 3.51. The molecule has 0 bridgehead atoms. The van der Waals surface area contributed by atoms with Gasteiger partial charge in [-0.05, 0) is 51.7 Å². The molecule has 17 heavy (non-hydrogen) atoms. The Morgan fingerprint density at radius 1 is 1.35 bits per heavy atom. The van der Waals surface area contributed by atoms with Crippen LogP contribution in [0.1, 0.15) is 38.3 Å². The van der Waals surface area contributed by atoms with Gasteiger partial charge in [-0.15, -0.1) is 0 Å². The molecule has 1 atom stereocenters. The van der Waals surface area contributed by atoms with Gasteiger partial charge in [-0.1, -0.05) is 13.8 Å². The van der Waals surface area contributed by atoms with Crippen LogP contribution in [0.5, 0.6) is 0 Å². The van der Waals surface area contributed by atoms with Gasteiger partial charge < -0.3 is 14.8 Å². The van der Waals surface area contributed by atoms with Gasteiger partial charge >= 0.3 is 0 Å². The van der Waals surface area contributed by atoms with Gasteiger partial charge in [-0.2, -0.15) is 0 Å². The van der Waals surface area contributed by atoms with E-state index in [-0.39, 0.29) is 0 Å². The summed E-state index contributed by atoms with van der Waals surface area (Å²) in [6, 6.07) is 2.75. The zero-order chi connectivity index (χ0) is 12.7. The molecule has 0 fully saturated rings. The van der Waals surface area contributed by atoms with Crippen molar-refractivity contribution in [2.75, 3.05) is 27.2 Å². The Balaban J connectivity index is 2.46. The number of aromatic nitrogens is 1. The molecule has 1 aromatic heterocycles. The molecule has 1 aromatic rings. The lowest BCUT2D eigenvalue weighted by atomic mass is 10.1. The quantitative estimate of drug-likeness (QED) is 0.749. The molecule has 0 aliphatic carbocycles. The predicted molar refractivity (Wildman–Crippen MR) is 74.3 cm³/mol. The minimum atomic E-state index is 0.509. The van der Waals surface area contributed by atoms with E-state index in [1.165, 1.54) is 12.0 Å². The molecule has 3 nitrogen and oxygen atoms in total. The first-order valence-electron chi connectivity index (χ1n) is 6.71. The Kier molecular flexibility index (Phi) is 6.30. The average Bonchev–Trinajstić information content (AvgIpc) is 2.74. The van der Waals surface area contributed by atoms with Crippen molar-refractivity contribution in [3.63, 3.8) is 0 Å². The average molecular weight is 237 g/mol. The van der Waals surface area contributed by atoms with Crippen LogP contribution < -0.4 is 5.32 Å². The van der Waals surface area contributed by atoms with E-state index in [9.17, 15) is 0 Å². The fraction of sp³-hybridized carbons (Fsp3) is 0.714.